The van der Waals surface area contributed by atoms with E-state index >= 15 is 4.79 Å². The van der Waals surface area contributed by atoms with Crippen LogP contribution in [0.3, 0.4) is 0 Å². The summed E-state index contributed by atoms with van der Waals surface area (Å²) in [6.45, 7) is 3.63. The van der Waals surface area contributed by atoms with Crippen LogP contribution in [0.5, 0.6) is 0 Å². The highest BCUT2D eigenvalue weighted by Gasteiger charge is 2.74. The second-order valence-electron chi connectivity index (χ2n) is 13.9. The number of aliphatic hydroxyl groups is 1. The number of rotatable bonds is 8. The monoisotopic (exact) mass is 698 g/mol. The summed E-state index contributed by atoms with van der Waals surface area (Å²) < 4.78 is 18.3. The number of allylic oxidation sites excluding steroid dienone is 1. The van der Waals surface area contributed by atoms with E-state index in [1.54, 1.807) is 17.1 Å². The van der Waals surface area contributed by atoms with E-state index in [9.17, 15) is 19.5 Å². The lowest BCUT2D eigenvalue weighted by atomic mass is 9.74. The van der Waals surface area contributed by atoms with Crippen LogP contribution in [0, 0.1) is 11.8 Å². The van der Waals surface area contributed by atoms with E-state index in [4.69, 9.17) is 14.2 Å². The van der Waals surface area contributed by atoms with Crippen molar-refractivity contribution in [3.8, 4) is 0 Å². The van der Waals surface area contributed by atoms with Crippen molar-refractivity contribution in [3.63, 3.8) is 0 Å². The third-order valence-electron chi connectivity index (χ3n) is 10.8. The molecule has 3 amide bonds. The number of amides is 3. The Morgan fingerprint density at radius 1 is 0.922 bits per heavy atom. The van der Waals surface area contributed by atoms with E-state index in [2.05, 4.69) is 10.2 Å². The predicted molar refractivity (Wildman–Crippen MR) is 186 cm³/mol. The van der Waals surface area contributed by atoms with E-state index in [0.29, 0.717) is 44.7 Å². The Morgan fingerprint density at radius 2 is 1.67 bits per heavy atom. The molecule has 1 spiro atoms. The van der Waals surface area contributed by atoms with Crippen LogP contribution in [0.25, 0.3) is 0 Å². The first-order valence-corrected chi connectivity index (χ1v) is 18.0. The maximum absolute atomic E-state index is 15.1. The van der Waals surface area contributed by atoms with Gasteiger partial charge in [0.1, 0.15) is 23.7 Å². The van der Waals surface area contributed by atoms with Gasteiger partial charge in [0.05, 0.1) is 44.4 Å². The average Bonchev–Trinajstić information content (AvgIpc) is 3.81. The molecule has 12 nitrogen and oxygen atoms in total. The van der Waals surface area contributed by atoms with Crippen LogP contribution in [-0.4, -0.2) is 126 Å². The maximum atomic E-state index is 15.1. The number of cyclic esters (lactones) is 1. The van der Waals surface area contributed by atoms with Gasteiger partial charge < -0.3 is 34.4 Å². The summed E-state index contributed by atoms with van der Waals surface area (Å²) in [6.07, 6.45) is 6.71. The normalized spacial score (nSPS) is 31.4. The van der Waals surface area contributed by atoms with Crippen molar-refractivity contribution in [1.29, 1.82) is 0 Å². The number of carbonyl (C=O) groups is 4. The summed E-state index contributed by atoms with van der Waals surface area (Å²) in [6, 6.07) is 16.8. The molecule has 51 heavy (non-hydrogen) atoms. The molecule has 2 aromatic carbocycles. The maximum Gasteiger partial charge on any atom is 0.313 e. The molecule has 3 saturated heterocycles. The summed E-state index contributed by atoms with van der Waals surface area (Å²) in [4.78, 5) is 62.5. The predicted octanol–water partition coefficient (Wildman–Crippen LogP) is 1.65. The summed E-state index contributed by atoms with van der Waals surface area (Å²) in [7, 11) is 0. The fourth-order valence-electron chi connectivity index (χ4n) is 8.18. The second-order valence-corrected chi connectivity index (χ2v) is 13.9. The van der Waals surface area contributed by atoms with Gasteiger partial charge in [0, 0.05) is 39.1 Å². The Bertz CT molecular complexity index is 1630. The number of likely N-dealkylation sites (tertiary alicyclic amines) is 1. The molecular weight excluding hydrogens is 652 g/mol. The Morgan fingerprint density at radius 3 is 2.41 bits per heavy atom. The third kappa shape index (κ3) is 7.10. The molecule has 2 aromatic rings. The van der Waals surface area contributed by atoms with Gasteiger partial charge in [0.15, 0.2) is 0 Å². The van der Waals surface area contributed by atoms with Crippen LogP contribution in [0.15, 0.2) is 85.0 Å². The molecule has 270 valence electrons. The molecule has 5 heterocycles. The number of hydrogen-bond donors (Lipinski definition) is 2. The van der Waals surface area contributed by atoms with Crippen molar-refractivity contribution in [2.45, 2.75) is 49.2 Å². The first kappa shape index (κ1) is 35.1. The molecule has 0 saturated carbocycles. The molecule has 5 bridgehead atoms. The molecule has 0 unspecified atom stereocenters. The van der Waals surface area contributed by atoms with Gasteiger partial charge in [-0.25, -0.2) is 0 Å². The van der Waals surface area contributed by atoms with Crippen molar-refractivity contribution in [2.24, 2.45) is 11.8 Å². The first-order valence-electron chi connectivity index (χ1n) is 18.0. The van der Waals surface area contributed by atoms with Crippen LogP contribution in [-0.2, 0) is 39.8 Å². The van der Waals surface area contributed by atoms with Gasteiger partial charge in [0.25, 0.3) is 0 Å². The number of nitrogens with one attached hydrogen (secondary N) is 1. The molecule has 12 heteroatoms. The zero-order valence-corrected chi connectivity index (χ0v) is 28.7. The van der Waals surface area contributed by atoms with E-state index in [1.807, 2.05) is 72.8 Å². The molecule has 2 N–H and O–H groups in total. The Kier molecular flexibility index (Phi) is 10.6. The van der Waals surface area contributed by atoms with Gasteiger partial charge in [-0.1, -0.05) is 85.0 Å². The fourth-order valence-corrected chi connectivity index (χ4v) is 8.18. The zero-order chi connectivity index (χ0) is 35.4. The quantitative estimate of drug-likeness (QED) is 0.312. The highest BCUT2D eigenvalue weighted by molar-refractivity contribution is 5.99. The summed E-state index contributed by atoms with van der Waals surface area (Å²) >= 11 is 0. The largest absolute Gasteiger partial charge is 0.455 e. The van der Waals surface area contributed by atoms with Gasteiger partial charge in [-0.2, -0.15) is 0 Å². The van der Waals surface area contributed by atoms with Gasteiger partial charge >= 0.3 is 5.97 Å². The minimum absolute atomic E-state index is 0.0579. The van der Waals surface area contributed by atoms with Crippen molar-refractivity contribution < 1.29 is 38.5 Å². The zero-order valence-electron chi connectivity index (χ0n) is 28.7. The SMILES string of the molecule is O=C1CC/C=C\CN(CCN2CCOCC2)C(=O)[C@H]2N([C@@H](CO)Cc3ccccc3)C(=O)[C@@H]3[C@@H](C(=O)O[C@@H](c4ccccc4)CN1)[C@H]1C=C[C@]32O1. The van der Waals surface area contributed by atoms with E-state index in [0.717, 1.165) is 18.7 Å². The van der Waals surface area contributed by atoms with Gasteiger partial charge in [0.2, 0.25) is 17.7 Å². The average molecular weight is 699 g/mol. The molecule has 0 aromatic heterocycles. The standard InChI is InChI=1S/C39H46N4O8/c44-26-29(24-27-10-4-1-5-11-27)43-35-37(47)42(19-18-41-20-22-49-23-21-41)17-9-3-8-14-32(45)40-25-31(28-12-6-2-7-13-28)50-38(48)33-30-15-16-39(35,51-30)34(33)36(43)46/h1-7,9-13,15-16,29-31,33-35,44H,8,14,17-26H2,(H,40,45)/b9-3-/t29-,30-,31-,33+,34+,35-,39+/m1/s1. The molecule has 5 aliphatic rings. The van der Waals surface area contributed by atoms with Crippen molar-refractivity contribution in [3.05, 3.63) is 96.1 Å². The Balaban J connectivity index is 1.27. The smallest absolute Gasteiger partial charge is 0.313 e. The molecule has 7 rings (SSSR count). The number of ether oxygens (including phenoxy) is 3. The number of morpholine rings is 1. The highest BCUT2D eigenvalue weighted by atomic mass is 16.6. The number of benzene rings is 2. The number of esters is 1. The van der Waals surface area contributed by atoms with E-state index in [1.165, 1.54) is 4.90 Å². The number of nitrogens with zero attached hydrogens (tertiary/aromatic N) is 3. The van der Waals surface area contributed by atoms with Crippen LogP contribution >= 0.6 is 0 Å². The van der Waals surface area contributed by atoms with Gasteiger partial charge in [-0.3, -0.25) is 24.1 Å². The second kappa shape index (κ2) is 15.5. The minimum atomic E-state index is -1.43. The molecular formula is C39H46N4O8. The molecule has 5 aliphatic heterocycles. The van der Waals surface area contributed by atoms with E-state index < -0.39 is 53.6 Å². The van der Waals surface area contributed by atoms with Crippen molar-refractivity contribution in [1.82, 2.24) is 20.0 Å². The van der Waals surface area contributed by atoms with Crippen molar-refractivity contribution in [2.75, 3.05) is 59.1 Å². The lowest BCUT2D eigenvalue weighted by molar-refractivity contribution is -0.160. The molecule has 0 radical (unpaired) electrons. The van der Waals surface area contributed by atoms with Gasteiger partial charge in [-0.05, 0) is 24.0 Å². The van der Waals surface area contributed by atoms with Crippen LogP contribution in [0.2, 0.25) is 0 Å². The van der Waals surface area contributed by atoms with Crippen molar-refractivity contribution >= 4 is 23.7 Å². The van der Waals surface area contributed by atoms with Crippen LogP contribution in [0.4, 0.5) is 0 Å². The highest BCUT2D eigenvalue weighted by Crippen LogP contribution is 2.56. The number of aliphatic hydroxyl groups excluding tert-OH is 1. The molecule has 3 fully saturated rings. The van der Waals surface area contributed by atoms with Gasteiger partial charge in [-0.15, -0.1) is 0 Å². The van der Waals surface area contributed by atoms with Crippen LogP contribution in [0.1, 0.15) is 30.1 Å². The Hall–Kier alpha value is -4.36. The molecule has 7 atom stereocenters. The minimum Gasteiger partial charge on any atom is -0.455 e. The number of fused-ring (bicyclic) bond motifs is 2. The lowest BCUT2D eigenvalue weighted by Crippen LogP contribution is -2.59. The van der Waals surface area contributed by atoms with E-state index in [-0.39, 0.29) is 37.9 Å². The first-order chi connectivity index (χ1) is 24.9. The molecule has 0 aliphatic carbocycles. The topological polar surface area (TPSA) is 138 Å². The van der Waals surface area contributed by atoms with Crippen LogP contribution < -0.4 is 5.32 Å². The Labute approximate surface area is 298 Å². The third-order valence-corrected chi connectivity index (χ3v) is 10.8. The fraction of sp³-hybridized carbons (Fsp3) is 0.487. The lowest BCUT2D eigenvalue weighted by Gasteiger charge is -2.39. The summed E-state index contributed by atoms with van der Waals surface area (Å²) in [5, 5.41) is 13.8. The summed E-state index contributed by atoms with van der Waals surface area (Å²) in [5.41, 5.74) is 0.166. The summed E-state index contributed by atoms with van der Waals surface area (Å²) in [5.74, 6) is -3.65. The number of carbonyl (C=O) groups excluding carboxylic acids is 4. The number of hydrogen-bond acceptors (Lipinski definition) is 9.